The summed E-state index contributed by atoms with van der Waals surface area (Å²) in [5.41, 5.74) is 5.37. The lowest BCUT2D eigenvalue weighted by molar-refractivity contribution is -0.138. The molecule has 0 fully saturated rings. The van der Waals surface area contributed by atoms with Crippen molar-refractivity contribution in [3.63, 3.8) is 0 Å². The van der Waals surface area contributed by atoms with Crippen molar-refractivity contribution in [1.82, 2.24) is 4.98 Å². The molecule has 0 aliphatic heterocycles. The number of primary amides is 1. The van der Waals surface area contributed by atoms with Crippen molar-refractivity contribution in [1.29, 1.82) is 0 Å². The lowest BCUT2D eigenvalue weighted by Gasteiger charge is -2.16. The van der Waals surface area contributed by atoms with Crippen LogP contribution in [-0.4, -0.2) is 28.0 Å². The molecule has 1 rings (SSSR count). The maximum atomic E-state index is 11.1. The SMILES string of the molecule is CC(C)C[C@H](Nc1ccc(C(N)=O)cn1)C(=O)O. The molecule has 1 amide bonds. The summed E-state index contributed by atoms with van der Waals surface area (Å²) in [6, 6.07) is 2.35. The van der Waals surface area contributed by atoms with Gasteiger partial charge in [0, 0.05) is 6.20 Å². The highest BCUT2D eigenvalue weighted by molar-refractivity contribution is 5.92. The zero-order chi connectivity index (χ0) is 13.7. The zero-order valence-corrected chi connectivity index (χ0v) is 10.4. The molecule has 18 heavy (non-hydrogen) atoms. The number of amides is 1. The molecule has 1 aromatic heterocycles. The van der Waals surface area contributed by atoms with Gasteiger partial charge in [0.15, 0.2) is 0 Å². The number of carbonyl (C=O) groups is 2. The molecule has 0 spiro atoms. The van der Waals surface area contributed by atoms with Gasteiger partial charge in [-0.15, -0.1) is 0 Å². The highest BCUT2D eigenvalue weighted by Crippen LogP contribution is 2.12. The fourth-order valence-corrected chi connectivity index (χ4v) is 1.50. The van der Waals surface area contributed by atoms with Crippen molar-refractivity contribution in [3.8, 4) is 0 Å². The Morgan fingerprint density at radius 3 is 2.50 bits per heavy atom. The number of carbonyl (C=O) groups excluding carboxylic acids is 1. The second-order valence-electron chi connectivity index (χ2n) is 4.46. The van der Waals surface area contributed by atoms with Gasteiger partial charge in [0.05, 0.1) is 5.56 Å². The minimum atomic E-state index is -0.926. The summed E-state index contributed by atoms with van der Waals surface area (Å²) in [4.78, 5) is 25.9. The number of hydrogen-bond donors (Lipinski definition) is 3. The van der Waals surface area contributed by atoms with Crippen molar-refractivity contribution in [2.24, 2.45) is 11.7 Å². The molecule has 0 radical (unpaired) electrons. The summed E-state index contributed by atoms with van der Waals surface area (Å²) >= 11 is 0. The van der Waals surface area contributed by atoms with Crippen molar-refractivity contribution >= 4 is 17.7 Å². The van der Waals surface area contributed by atoms with Crippen molar-refractivity contribution in [3.05, 3.63) is 23.9 Å². The Morgan fingerprint density at radius 1 is 1.44 bits per heavy atom. The number of nitrogens with one attached hydrogen (secondary N) is 1. The van der Waals surface area contributed by atoms with Crippen molar-refractivity contribution < 1.29 is 14.7 Å². The molecular formula is C12H17N3O3. The summed E-state index contributed by atoms with van der Waals surface area (Å²) in [5.74, 6) is -0.827. The maximum absolute atomic E-state index is 11.1. The first-order valence-corrected chi connectivity index (χ1v) is 5.65. The third-order valence-electron chi connectivity index (χ3n) is 2.38. The van der Waals surface area contributed by atoms with E-state index in [0.29, 0.717) is 12.2 Å². The Hall–Kier alpha value is -2.11. The predicted octanol–water partition coefficient (Wildman–Crippen LogP) is 1.09. The second-order valence-corrected chi connectivity index (χ2v) is 4.46. The molecular weight excluding hydrogens is 234 g/mol. The molecule has 6 nitrogen and oxygen atoms in total. The van der Waals surface area contributed by atoms with E-state index in [2.05, 4.69) is 10.3 Å². The molecule has 0 unspecified atom stereocenters. The van der Waals surface area contributed by atoms with E-state index in [1.165, 1.54) is 18.3 Å². The molecule has 0 saturated heterocycles. The molecule has 1 heterocycles. The minimum Gasteiger partial charge on any atom is -0.480 e. The standard InChI is InChI=1S/C12H17N3O3/c1-7(2)5-9(12(17)18)15-10-4-3-8(6-14-10)11(13)16/h3-4,6-7,9H,5H2,1-2H3,(H2,13,16)(H,14,15)(H,17,18)/t9-/m0/s1. The summed E-state index contributed by atoms with van der Waals surface area (Å²) in [6.45, 7) is 3.89. The van der Waals surface area contributed by atoms with Crippen LogP contribution in [0.25, 0.3) is 0 Å². The average molecular weight is 251 g/mol. The van der Waals surface area contributed by atoms with Gasteiger partial charge in [0.25, 0.3) is 0 Å². The van der Waals surface area contributed by atoms with E-state index in [1.807, 2.05) is 13.8 Å². The quantitative estimate of drug-likeness (QED) is 0.701. The highest BCUT2D eigenvalue weighted by atomic mass is 16.4. The second kappa shape index (κ2) is 6.00. The van der Waals surface area contributed by atoms with Gasteiger partial charge in [0.2, 0.25) is 5.91 Å². The number of hydrogen-bond acceptors (Lipinski definition) is 4. The van der Waals surface area contributed by atoms with E-state index < -0.39 is 17.9 Å². The molecule has 0 aliphatic carbocycles. The number of anilines is 1. The lowest BCUT2D eigenvalue weighted by atomic mass is 10.0. The van der Waals surface area contributed by atoms with E-state index in [9.17, 15) is 9.59 Å². The summed E-state index contributed by atoms with van der Waals surface area (Å²) < 4.78 is 0. The summed E-state index contributed by atoms with van der Waals surface area (Å²) in [7, 11) is 0. The van der Waals surface area contributed by atoms with E-state index in [-0.39, 0.29) is 11.5 Å². The van der Waals surface area contributed by atoms with Crippen molar-refractivity contribution in [2.45, 2.75) is 26.3 Å². The number of carboxylic acids is 1. The normalized spacial score (nSPS) is 12.2. The molecule has 6 heteroatoms. The van der Waals surface area contributed by atoms with Crippen LogP contribution in [0.2, 0.25) is 0 Å². The van der Waals surface area contributed by atoms with E-state index in [0.717, 1.165) is 0 Å². The highest BCUT2D eigenvalue weighted by Gasteiger charge is 2.18. The third kappa shape index (κ3) is 4.04. The van der Waals surface area contributed by atoms with Gasteiger partial charge in [-0.05, 0) is 24.5 Å². The maximum Gasteiger partial charge on any atom is 0.326 e. The molecule has 0 aliphatic rings. The number of aromatic nitrogens is 1. The fraction of sp³-hybridized carbons (Fsp3) is 0.417. The van der Waals surface area contributed by atoms with Crippen LogP contribution < -0.4 is 11.1 Å². The Morgan fingerprint density at radius 2 is 2.11 bits per heavy atom. The van der Waals surface area contributed by atoms with E-state index in [4.69, 9.17) is 10.8 Å². The number of nitrogens with two attached hydrogens (primary N) is 1. The Labute approximate surface area is 105 Å². The molecule has 0 aromatic carbocycles. The van der Waals surface area contributed by atoms with Crippen molar-refractivity contribution in [2.75, 3.05) is 5.32 Å². The third-order valence-corrected chi connectivity index (χ3v) is 2.38. The van der Waals surface area contributed by atoms with Gasteiger partial charge in [-0.1, -0.05) is 13.8 Å². The first-order chi connectivity index (χ1) is 8.40. The fourth-order valence-electron chi connectivity index (χ4n) is 1.50. The van der Waals surface area contributed by atoms with Crippen LogP contribution in [0.1, 0.15) is 30.6 Å². The van der Waals surface area contributed by atoms with Gasteiger partial charge >= 0.3 is 5.97 Å². The molecule has 1 aromatic rings. The topological polar surface area (TPSA) is 105 Å². The summed E-state index contributed by atoms with van der Waals surface area (Å²) in [5, 5.41) is 11.9. The molecule has 98 valence electrons. The Balaban J connectivity index is 2.75. The predicted molar refractivity (Wildman–Crippen MR) is 67.3 cm³/mol. The number of rotatable bonds is 6. The largest absolute Gasteiger partial charge is 0.480 e. The zero-order valence-electron chi connectivity index (χ0n) is 10.4. The van der Waals surface area contributed by atoms with Crippen LogP contribution in [0.3, 0.4) is 0 Å². The summed E-state index contributed by atoms with van der Waals surface area (Å²) in [6.07, 6.45) is 1.81. The van der Waals surface area contributed by atoms with Crippen LogP contribution >= 0.6 is 0 Å². The van der Waals surface area contributed by atoms with Crippen LogP contribution in [-0.2, 0) is 4.79 Å². The van der Waals surface area contributed by atoms with Crippen LogP contribution in [0, 0.1) is 5.92 Å². The monoisotopic (exact) mass is 251 g/mol. The molecule has 1 atom stereocenters. The van der Waals surface area contributed by atoms with Gasteiger partial charge in [0.1, 0.15) is 11.9 Å². The average Bonchev–Trinajstić information content (AvgIpc) is 2.28. The number of nitrogens with zero attached hydrogens (tertiary/aromatic N) is 1. The Kier molecular flexibility index (Phi) is 4.65. The van der Waals surface area contributed by atoms with Gasteiger partial charge in [-0.3, -0.25) is 4.79 Å². The van der Waals surface area contributed by atoms with Crippen LogP contribution in [0.15, 0.2) is 18.3 Å². The van der Waals surface area contributed by atoms with Gasteiger partial charge < -0.3 is 16.2 Å². The molecule has 0 saturated carbocycles. The first-order valence-electron chi connectivity index (χ1n) is 5.65. The Bertz CT molecular complexity index is 429. The van der Waals surface area contributed by atoms with Crippen LogP contribution in [0.4, 0.5) is 5.82 Å². The first kappa shape index (κ1) is 14.0. The van der Waals surface area contributed by atoms with Crippen LogP contribution in [0.5, 0.6) is 0 Å². The lowest BCUT2D eigenvalue weighted by Crippen LogP contribution is -2.31. The smallest absolute Gasteiger partial charge is 0.326 e. The minimum absolute atomic E-state index is 0.253. The molecule has 4 N–H and O–H groups in total. The van der Waals surface area contributed by atoms with Gasteiger partial charge in [-0.2, -0.15) is 0 Å². The van der Waals surface area contributed by atoms with Gasteiger partial charge in [-0.25, -0.2) is 9.78 Å². The number of aliphatic carboxylic acids is 1. The van der Waals surface area contributed by atoms with E-state index >= 15 is 0 Å². The number of pyridine rings is 1. The van der Waals surface area contributed by atoms with E-state index in [1.54, 1.807) is 0 Å². The molecule has 0 bridgehead atoms. The number of carboxylic acid groups (broad SMARTS) is 1.